The van der Waals surface area contributed by atoms with E-state index in [1.165, 1.54) is 5.56 Å². The van der Waals surface area contributed by atoms with Crippen LogP contribution in [0.5, 0.6) is 5.75 Å². The third-order valence-corrected chi connectivity index (χ3v) is 3.34. The molecule has 0 aliphatic carbocycles. The Labute approximate surface area is 122 Å². The van der Waals surface area contributed by atoms with Crippen LogP contribution >= 0.6 is 0 Å². The molecule has 2 atom stereocenters. The maximum Gasteiger partial charge on any atom is 0.260 e. The summed E-state index contributed by atoms with van der Waals surface area (Å²) in [5.41, 5.74) is 1.27. The molecule has 0 fully saturated rings. The van der Waals surface area contributed by atoms with Crippen LogP contribution in [0.2, 0.25) is 0 Å². The first-order valence-corrected chi connectivity index (χ1v) is 7.51. The molecule has 1 amide bonds. The molecule has 20 heavy (non-hydrogen) atoms. The number of carbonyl (C=O) groups excluding carboxylic acids is 1. The van der Waals surface area contributed by atoms with Crippen LogP contribution in [-0.2, 0) is 4.79 Å². The van der Waals surface area contributed by atoms with Gasteiger partial charge in [-0.05, 0) is 43.9 Å². The lowest BCUT2D eigenvalue weighted by atomic mass is 10.0. The molecule has 0 radical (unpaired) electrons. The van der Waals surface area contributed by atoms with Crippen molar-refractivity contribution >= 4 is 5.91 Å². The number of hydrogen-bond donors (Lipinski definition) is 1. The number of carbonyl (C=O) groups is 1. The molecule has 0 heterocycles. The predicted molar refractivity (Wildman–Crippen MR) is 83.1 cm³/mol. The SMILES string of the molecule is CCCC(C)NC(=O)C(C)Oc1ccc(C(C)C)cc1. The van der Waals surface area contributed by atoms with Gasteiger partial charge in [0.2, 0.25) is 0 Å². The summed E-state index contributed by atoms with van der Waals surface area (Å²) in [6.45, 7) is 10.2. The van der Waals surface area contributed by atoms with Crippen LogP contribution < -0.4 is 10.1 Å². The van der Waals surface area contributed by atoms with Gasteiger partial charge in [-0.15, -0.1) is 0 Å². The fraction of sp³-hybridized carbons (Fsp3) is 0.588. The summed E-state index contributed by atoms with van der Waals surface area (Å²) in [6, 6.07) is 8.14. The number of hydrogen-bond acceptors (Lipinski definition) is 2. The lowest BCUT2D eigenvalue weighted by molar-refractivity contribution is -0.127. The van der Waals surface area contributed by atoms with Crippen LogP contribution in [0, 0.1) is 0 Å². The molecule has 0 aliphatic heterocycles. The van der Waals surface area contributed by atoms with Crippen molar-refractivity contribution in [1.29, 1.82) is 0 Å². The summed E-state index contributed by atoms with van der Waals surface area (Å²) < 4.78 is 5.68. The predicted octanol–water partition coefficient (Wildman–Crippen LogP) is 3.88. The van der Waals surface area contributed by atoms with Gasteiger partial charge in [-0.25, -0.2) is 0 Å². The van der Waals surface area contributed by atoms with E-state index in [0.29, 0.717) is 5.92 Å². The van der Waals surface area contributed by atoms with Crippen LogP contribution in [0.3, 0.4) is 0 Å². The van der Waals surface area contributed by atoms with Gasteiger partial charge in [0.05, 0.1) is 0 Å². The summed E-state index contributed by atoms with van der Waals surface area (Å²) in [5, 5.41) is 2.97. The Morgan fingerprint density at radius 2 is 1.75 bits per heavy atom. The molecule has 0 bridgehead atoms. The van der Waals surface area contributed by atoms with E-state index < -0.39 is 6.10 Å². The van der Waals surface area contributed by atoms with Crippen LogP contribution in [0.25, 0.3) is 0 Å². The van der Waals surface area contributed by atoms with E-state index in [2.05, 4.69) is 26.1 Å². The van der Waals surface area contributed by atoms with Gasteiger partial charge < -0.3 is 10.1 Å². The van der Waals surface area contributed by atoms with E-state index >= 15 is 0 Å². The molecule has 112 valence electrons. The smallest absolute Gasteiger partial charge is 0.260 e. The number of amides is 1. The minimum atomic E-state index is -0.473. The molecular formula is C17H27NO2. The average Bonchev–Trinajstić information content (AvgIpc) is 2.39. The maximum absolute atomic E-state index is 12.0. The fourth-order valence-corrected chi connectivity index (χ4v) is 2.05. The van der Waals surface area contributed by atoms with Gasteiger partial charge in [0.15, 0.2) is 6.10 Å². The van der Waals surface area contributed by atoms with Crippen molar-refractivity contribution in [3.8, 4) is 5.75 Å². The number of ether oxygens (including phenoxy) is 1. The Kier molecular flexibility index (Phi) is 6.56. The van der Waals surface area contributed by atoms with E-state index in [0.717, 1.165) is 18.6 Å². The topological polar surface area (TPSA) is 38.3 Å². The van der Waals surface area contributed by atoms with Gasteiger partial charge in [-0.3, -0.25) is 4.79 Å². The van der Waals surface area contributed by atoms with Crippen LogP contribution in [0.4, 0.5) is 0 Å². The van der Waals surface area contributed by atoms with Crippen LogP contribution in [0.1, 0.15) is 58.9 Å². The molecule has 0 aliphatic rings. The summed E-state index contributed by atoms with van der Waals surface area (Å²) in [7, 11) is 0. The fourth-order valence-electron chi connectivity index (χ4n) is 2.05. The molecule has 1 aromatic rings. The lowest BCUT2D eigenvalue weighted by Crippen LogP contribution is -2.41. The molecule has 0 aromatic heterocycles. The highest BCUT2D eigenvalue weighted by Gasteiger charge is 2.16. The van der Waals surface area contributed by atoms with Crippen molar-refractivity contribution in [1.82, 2.24) is 5.32 Å². The van der Waals surface area contributed by atoms with E-state index in [-0.39, 0.29) is 11.9 Å². The Hall–Kier alpha value is -1.51. The molecule has 0 saturated heterocycles. The molecule has 3 nitrogen and oxygen atoms in total. The molecule has 0 spiro atoms. The minimum absolute atomic E-state index is 0.0566. The van der Waals surface area contributed by atoms with Gasteiger partial charge in [0.25, 0.3) is 5.91 Å². The van der Waals surface area contributed by atoms with E-state index in [1.807, 2.05) is 31.2 Å². The largest absolute Gasteiger partial charge is 0.481 e. The normalized spacial score (nSPS) is 13.9. The van der Waals surface area contributed by atoms with Crippen molar-refractivity contribution in [3.63, 3.8) is 0 Å². The molecule has 0 saturated carbocycles. The number of nitrogens with one attached hydrogen (secondary N) is 1. The number of benzene rings is 1. The second kappa shape index (κ2) is 7.93. The first kappa shape index (κ1) is 16.5. The highest BCUT2D eigenvalue weighted by Crippen LogP contribution is 2.19. The Bertz CT molecular complexity index is 412. The maximum atomic E-state index is 12.0. The summed E-state index contributed by atoms with van der Waals surface area (Å²) >= 11 is 0. The Morgan fingerprint density at radius 3 is 2.25 bits per heavy atom. The summed E-state index contributed by atoms with van der Waals surface area (Å²) in [5.74, 6) is 1.18. The first-order valence-electron chi connectivity index (χ1n) is 7.51. The van der Waals surface area contributed by atoms with Crippen molar-refractivity contribution in [2.24, 2.45) is 0 Å². The second-order valence-electron chi connectivity index (χ2n) is 5.68. The third kappa shape index (κ3) is 5.24. The van der Waals surface area contributed by atoms with Gasteiger partial charge >= 0.3 is 0 Å². The van der Waals surface area contributed by atoms with Gasteiger partial charge in [0, 0.05) is 6.04 Å². The minimum Gasteiger partial charge on any atom is -0.481 e. The summed E-state index contributed by atoms with van der Waals surface area (Å²) in [6.07, 6.45) is 1.58. The quantitative estimate of drug-likeness (QED) is 0.821. The Morgan fingerprint density at radius 1 is 1.15 bits per heavy atom. The van der Waals surface area contributed by atoms with E-state index in [4.69, 9.17) is 4.74 Å². The molecule has 1 aromatic carbocycles. The monoisotopic (exact) mass is 277 g/mol. The zero-order valence-electron chi connectivity index (χ0n) is 13.3. The van der Waals surface area contributed by atoms with Gasteiger partial charge in [-0.2, -0.15) is 0 Å². The zero-order chi connectivity index (χ0) is 15.1. The molecule has 1 N–H and O–H groups in total. The highest BCUT2D eigenvalue weighted by molar-refractivity contribution is 5.80. The summed E-state index contributed by atoms with van der Waals surface area (Å²) in [4.78, 5) is 12.0. The van der Waals surface area contributed by atoms with E-state index in [1.54, 1.807) is 6.92 Å². The molecule has 1 rings (SSSR count). The highest BCUT2D eigenvalue weighted by atomic mass is 16.5. The molecular weight excluding hydrogens is 250 g/mol. The van der Waals surface area contributed by atoms with Crippen molar-refractivity contribution < 1.29 is 9.53 Å². The molecule has 2 unspecified atom stereocenters. The average molecular weight is 277 g/mol. The van der Waals surface area contributed by atoms with E-state index in [9.17, 15) is 4.79 Å². The Balaban J connectivity index is 2.52. The van der Waals surface area contributed by atoms with Crippen molar-refractivity contribution in [3.05, 3.63) is 29.8 Å². The molecule has 3 heteroatoms. The third-order valence-electron chi connectivity index (χ3n) is 3.34. The number of rotatable bonds is 7. The van der Waals surface area contributed by atoms with Crippen molar-refractivity contribution in [2.45, 2.75) is 65.5 Å². The van der Waals surface area contributed by atoms with Gasteiger partial charge in [-0.1, -0.05) is 39.3 Å². The first-order chi connectivity index (χ1) is 9.43. The second-order valence-corrected chi connectivity index (χ2v) is 5.68. The van der Waals surface area contributed by atoms with Gasteiger partial charge in [0.1, 0.15) is 5.75 Å². The van der Waals surface area contributed by atoms with Crippen LogP contribution in [-0.4, -0.2) is 18.1 Å². The lowest BCUT2D eigenvalue weighted by Gasteiger charge is -2.18. The zero-order valence-corrected chi connectivity index (χ0v) is 13.3. The van der Waals surface area contributed by atoms with Crippen molar-refractivity contribution in [2.75, 3.05) is 0 Å². The van der Waals surface area contributed by atoms with Crippen LogP contribution in [0.15, 0.2) is 24.3 Å². The standard InChI is InChI=1S/C17H27NO2/c1-6-7-13(4)18-17(19)14(5)20-16-10-8-15(9-11-16)12(2)3/h8-14H,6-7H2,1-5H3,(H,18,19).